The van der Waals surface area contributed by atoms with Crippen molar-refractivity contribution in [3.63, 3.8) is 0 Å². The Hall–Kier alpha value is -0.710. The van der Waals surface area contributed by atoms with E-state index in [0.717, 1.165) is 11.7 Å². The summed E-state index contributed by atoms with van der Waals surface area (Å²) in [4.78, 5) is 15.6. The number of rotatable bonds is 4. The molecule has 86 valence electrons. The molecule has 0 aromatic heterocycles. The lowest BCUT2D eigenvalue weighted by molar-refractivity contribution is -0.121. The Morgan fingerprint density at radius 1 is 1.67 bits per heavy atom. The van der Waals surface area contributed by atoms with Gasteiger partial charge in [0.2, 0.25) is 5.91 Å². The Bertz CT molecular complexity index is 253. The Morgan fingerprint density at radius 3 is 2.93 bits per heavy atom. The van der Waals surface area contributed by atoms with Crippen LogP contribution < -0.4 is 10.6 Å². The quantitative estimate of drug-likeness (QED) is 0.755. The zero-order valence-electron chi connectivity index (χ0n) is 9.54. The van der Waals surface area contributed by atoms with E-state index in [1.54, 1.807) is 11.8 Å². The summed E-state index contributed by atoms with van der Waals surface area (Å²) in [6.07, 6.45) is 0.506. The highest BCUT2D eigenvalue weighted by Crippen LogP contribution is 2.18. The number of nitrogens with one attached hydrogen (secondary N) is 2. The Labute approximate surface area is 95.3 Å². The van der Waals surface area contributed by atoms with Crippen LogP contribution in [0.1, 0.15) is 27.2 Å². The van der Waals surface area contributed by atoms with Crippen molar-refractivity contribution < 1.29 is 4.79 Å². The van der Waals surface area contributed by atoms with Crippen molar-refractivity contribution in [2.24, 2.45) is 4.99 Å². The van der Waals surface area contributed by atoms with Crippen molar-refractivity contribution in [2.45, 2.75) is 38.5 Å². The molecule has 0 radical (unpaired) electrons. The zero-order valence-corrected chi connectivity index (χ0v) is 10.4. The molecule has 0 saturated carbocycles. The monoisotopic (exact) mass is 229 g/mol. The van der Waals surface area contributed by atoms with E-state index in [0.29, 0.717) is 18.2 Å². The number of hydrogen-bond acceptors (Lipinski definition) is 4. The van der Waals surface area contributed by atoms with Crippen molar-refractivity contribution in [3.05, 3.63) is 0 Å². The molecule has 0 fully saturated rings. The van der Waals surface area contributed by atoms with E-state index in [1.807, 2.05) is 13.8 Å². The van der Waals surface area contributed by atoms with Gasteiger partial charge in [0, 0.05) is 24.3 Å². The molecule has 0 aromatic rings. The largest absolute Gasteiger partial charge is 0.364 e. The van der Waals surface area contributed by atoms with Gasteiger partial charge in [0.25, 0.3) is 0 Å². The lowest BCUT2D eigenvalue weighted by Crippen LogP contribution is -2.33. The first-order valence-electron chi connectivity index (χ1n) is 5.32. The average Bonchev–Trinajstić information content (AvgIpc) is 2.50. The molecule has 1 aliphatic heterocycles. The van der Waals surface area contributed by atoms with Gasteiger partial charge in [-0.1, -0.05) is 18.7 Å². The highest BCUT2D eigenvalue weighted by atomic mass is 32.2. The summed E-state index contributed by atoms with van der Waals surface area (Å²) in [7, 11) is 0. The van der Waals surface area contributed by atoms with Crippen molar-refractivity contribution in [2.75, 3.05) is 13.1 Å². The molecule has 1 heterocycles. The lowest BCUT2D eigenvalue weighted by Gasteiger charge is -2.09. The van der Waals surface area contributed by atoms with Crippen LogP contribution >= 0.6 is 11.8 Å². The summed E-state index contributed by atoms with van der Waals surface area (Å²) in [5.74, 6) is 0.0918. The molecule has 1 unspecified atom stereocenters. The fourth-order valence-electron chi connectivity index (χ4n) is 1.25. The van der Waals surface area contributed by atoms with Crippen LogP contribution in [0.15, 0.2) is 4.99 Å². The number of amides is 1. The minimum atomic E-state index is 0.0918. The third-order valence-corrected chi connectivity index (χ3v) is 2.93. The second-order valence-electron chi connectivity index (χ2n) is 3.97. The van der Waals surface area contributed by atoms with Crippen LogP contribution in [-0.2, 0) is 4.79 Å². The Morgan fingerprint density at radius 2 is 2.40 bits per heavy atom. The summed E-state index contributed by atoms with van der Waals surface area (Å²) >= 11 is 1.74. The maximum absolute atomic E-state index is 11.3. The van der Waals surface area contributed by atoms with Crippen molar-refractivity contribution in [1.29, 1.82) is 0 Å². The molecule has 1 amide bonds. The molecule has 15 heavy (non-hydrogen) atoms. The molecule has 0 spiro atoms. The summed E-state index contributed by atoms with van der Waals surface area (Å²) in [6, 6.07) is 0.218. The van der Waals surface area contributed by atoms with Crippen molar-refractivity contribution in [3.8, 4) is 0 Å². The van der Waals surface area contributed by atoms with E-state index in [2.05, 4.69) is 22.5 Å². The first kappa shape index (κ1) is 12.4. The standard InChI is InChI=1S/C10H19N3OS/c1-7(2)13-9(14)4-5-11-10-12-6-8(3)15-10/h7-8H,4-6H2,1-3H3,(H,11,12)(H,13,14). The topological polar surface area (TPSA) is 53.5 Å². The highest BCUT2D eigenvalue weighted by Gasteiger charge is 2.14. The maximum atomic E-state index is 11.3. The van der Waals surface area contributed by atoms with Gasteiger partial charge < -0.3 is 10.6 Å². The van der Waals surface area contributed by atoms with Crippen LogP contribution in [-0.4, -0.2) is 35.5 Å². The lowest BCUT2D eigenvalue weighted by atomic mass is 10.3. The van der Waals surface area contributed by atoms with Gasteiger partial charge in [-0.05, 0) is 13.8 Å². The fourth-order valence-corrected chi connectivity index (χ4v) is 2.12. The number of nitrogens with zero attached hydrogens (tertiary/aromatic N) is 1. The van der Waals surface area contributed by atoms with Crippen LogP contribution in [0.3, 0.4) is 0 Å². The average molecular weight is 229 g/mol. The van der Waals surface area contributed by atoms with Gasteiger partial charge in [-0.15, -0.1) is 0 Å². The molecule has 2 N–H and O–H groups in total. The van der Waals surface area contributed by atoms with E-state index >= 15 is 0 Å². The molecule has 0 saturated heterocycles. The highest BCUT2D eigenvalue weighted by molar-refractivity contribution is 8.14. The minimum Gasteiger partial charge on any atom is -0.364 e. The minimum absolute atomic E-state index is 0.0918. The van der Waals surface area contributed by atoms with Crippen molar-refractivity contribution >= 4 is 22.8 Å². The summed E-state index contributed by atoms with van der Waals surface area (Å²) in [5, 5.41) is 7.56. The third kappa shape index (κ3) is 5.06. The van der Waals surface area contributed by atoms with Crippen LogP contribution in [0.5, 0.6) is 0 Å². The van der Waals surface area contributed by atoms with Gasteiger partial charge >= 0.3 is 0 Å². The second-order valence-corrected chi connectivity index (χ2v) is 5.40. The normalized spacial score (nSPS) is 20.3. The van der Waals surface area contributed by atoms with Gasteiger partial charge in [-0.2, -0.15) is 0 Å². The molecule has 0 aliphatic carbocycles. The van der Waals surface area contributed by atoms with Gasteiger partial charge in [-0.3, -0.25) is 9.79 Å². The van der Waals surface area contributed by atoms with Crippen LogP contribution in [0.25, 0.3) is 0 Å². The smallest absolute Gasteiger partial charge is 0.221 e. The predicted molar refractivity (Wildman–Crippen MR) is 65.3 cm³/mol. The number of hydrogen-bond donors (Lipinski definition) is 2. The number of carbonyl (C=O) groups is 1. The van der Waals surface area contributed by atoms with Crippen LogP contribution in [0.2, 0.25) is 0 Å². The van der Waals surface area contributed by atoms with Gasteiger partial charge in [-0.25, -0.2) is 0 Å². The molecule has 0 bridgehead atoms. The molecule has 0 aromatic carbocycles. The van der Waals surface area contributed by atoms with Crippen LogP contribution in [0.4, 0.5) is 0 Å². The van der Waals surface area contributed by atoms with Crippen LogP contribution in [0, 0.1) is 0 Å². The van der Waals surface area contributed by atoms with E-state index in [1.165, 1.54) is 0 Å². The molecule has 1 rings (SSSR count). The predicted octanol–water partition coefficient (Wildman–Crippen LogP) is 0.982. The van der Waals surface area contributed by atoms with E-state index < -0.39 is 0 Å². The number of carbonyl (C=O) groups excluding carboxylic acids is 1. The molecular formula is C10H19N3OS. The first-order chi connectivity index (χ1) is 7.08. The summed E-state index contributed by atoms with van der Waals surface area (Å²) < 4.78 is 0. The van der Waals surface area contributed by atoms with Gasteiger partial charge in [0.1, 0.15) is 0 Å². The molecule has 1 atom stereocenters. The molecule has 5 heteroatoms. The Balaban J connectivity index is 2.09. The second kappa shape index (κ2) is 6.00. The SMILES string of the molecule is CC(C)NC(=O)CCNC1=NCC(C)S1. The van der Waals surface area contributed by atoms with E-state index in [9.17, 15) is 4.79 Å². The molecule has 4 nitrogen and oxygen atoms in total. The summed E-state index contributed by atoms with van der Waals surface area (Å²) in [5.41, 5.74) is 0. The maximum Gasteiger partial charge on any atom is 0.221 e. The zero-order chi connectivity index (χ0) is 11.3. The number of thioether (sulfide) groups is 1. The molecular weight excluding hydrogens is 210 g/mol. The third-order valence-electron chi connectivity index (χ3n) is 1.88. The fraction of sp³-hybridized carbons (Fsp3) is 0.800. The molecule has 1 aliphatic rings. The van der Waals surface area contributed by atoms with Gasteiger partial charge in [0.05, 0.1) is 6.54 Å². The Kier molecular flexibility index (Phi) is 4.94. The first-order valence-corrected chi connectivity index (χ1v) is 6.20. The van der Waals surface area contributed by atoms with E-state index in [4.69, 9.17) is 0 Å². The number of amidine groups is 1. The summed E-state index contributed by atoms with van der Waals surface area (Å²) in [6.45, 7) is 7.62. The number of aliphatic imine (C=N–C) groups is 1. The van der Waals surface area contributed by atoms with Gasteiger partial charge in [0.15, 0.2) is 5.17 Å². The van der Waals surface area contributed by atoms with Crippen molar-refractivity contribution in [1.82, 2.24) is 10.6 Å². The van der Waals surface area contributed by atoms with E-state index in [-0.39, 0.29) is 11.9 Å².